The molecule has 0 aliphatic rings. The Morgan fingerprint density at radius 3 is 2.47 bits per heavy atom. The Balaban J connectivity index is 3.11. The topological polar surface area (TPSA) is 45.8 Å². The molecule has 0 bridgehead atoms. The number of H-pyrrole nitrogens is 1. The molecule has 5 heteroatoms. The Kier molecular flexibility index (Phi) is 4.84. The van der Waals surface area contributed by atoms with Crippen LogP contribution in [0.25, 0.3) is 0 Å². The third-order valence-electron chi connectivity index (χ3n) is 2.18. The summed E-state index contributed by atoms with van der Waals surface area (Å²) in [6, 6.07) is 0. The third kappa shape index (κ3) is 4.14. The number of nitrogens with zero attached hydrogens (tertiary/aromatic N) is 1. The molecule has 1 heterocycles. The van der Waals surface area contributed by atoms with Crippen LogP contribution in [0, 0.1) is 0 Å². The minimum absolute atomic E-state index is 0.0933. The first-order valence-electron chi connectivity index (χ1n) is 5.62. The normalized spacial score (nSPS) is 12.2. The van der Waals surface area contributed by atoms with Crippen molar-refractivity contribution in [3.8, 4) is 0 Å². The Hall–Kier alpha value is -0.290. The van der Waals surface area contributed by atoms with Crippen LogP contribution in [0.4, 0.5) is 0 Å². The lowest BCUT2D eigenvalue weighted by Crippen LogP contribution is -2.23. The van der Waals surface area contributed by atoms with E-state index in [1.807, 2.05) is 0 Å². The van der Waals surface area contributed by atoms with E-state index in [4.69, 9.17) is 0 Å². The predicted molar refractivity (Wildman–Crippen MR) is 77.7 cm³/mol. The zero-order chi connectivity index (χ0) is 13.2. The van der Waals surface area contributed by atoms with E-state index in [-0.39, 0.29) is 11.0 Å². The number of aromatic amines is 1. The van der Waals surface area contributed by atoms with Crippen molar-refractivity contribution >= 4 is 27.7 Å². The van der Waals surface area contributed by atoms with Crippen molar-refractivity contribution in [2.24, 2.45) is 0 Å². The van der Waals surface area contributed by atoms with Gasteiger partial charge in [0.1, 0.15) is 10.3 Å². The second-order valence-electron chi connectivity index (χ2n) is 5.28. The third-order valence-corrected chi connectivity index (χ3v) is 4.02. The van der Waals surface area contributed by atoms with Gasteiger partial charge in [0.15, 0.2) is 0 Å². The first kappa shape index (κ1) is 14.8. The summed E-state index contributed by atoms with van der Waals surface area (Å²) in [5.74, 6) is 1.49. The lowest BCUT2D eigenvalue weighted by molar-refractivity contribution is 0.558. The van der Waals surface area contributed by atoms with Crippen LogP contribution in [-0.4, -0.2) is 15.2 Å². The summed E-state index contributed by atoms with van der Waals surface area (Å²) < 4.78 is 0.545. The molecule has 1 aromatic heterocycles. The van der Waals surface area contributed by atoms with E-state index in [2.05, 4.69) is 60.5 Å². The van der Waals surface area contributed by atoms with Crippen LogP contribution in [0.2, 0.25) is 0 Å². The maximum atomic E-state index is 11.8. The predicted octanol–water partition coefficient (Wildman–Crippen LogP) is 3.47. The molecule has 0 aromatic carbocycles. The molecule has 0 spiro atoms. The first-order valence-corrected chi connectivity index (χ1v) is 7.46. The largest absolute Gasteiger partial charge is 0.309 e. The fourth-order valence-electron chi connectivity index (χ4n) is 1.32. The van der Waals surface area contributed by atoms with Crippen molar-refractivity contribution in [2.45, 2.75) is 51.0 Å². The van der Waals surface area contributed by atoms with Gasteiger partial charge >= 0.3 is 0 Å². The number of hydrogen-bond donors (Lipinski definition) is 1. The van der Waals surface area contributed by atoms with Crippen LogP contribution in [-0.2, 0) is 11.2 Å². The molecule has 0 aliphatic heterocycles. The van der Waals surface area contributed by atoms with Crippen LogP contribution >= 0.6 is 27.7 Å². The van der Waals surface area contributed by atoms with Crippen LogP contribution in [0.5, 0.6) is 0 Å². The minimum atomic E-state index is -0.135. The monoisotopic (exact) mass is 318 g/mol. The number of nitrogens with one attached hydrogen (secondary N) is 1. The SMILES string of the molecule is CC(C)SCc1nc(C(C)(C)C)c(Br)c(=O)[nH]1. The number of aromatic nitrogens is 2. The van der Waals surface area contributed by atoms with Gasteiger partial charge in [-0.3, -0.25) is 4.79 Å². The molecule has 0 radical (unpaired) electrons. The lowest BCUT2D eigenvalue weighted by Gasteiger charge is -2.19. The van der Waals surface area contributed by atoms with E-state index < -0.39 is 0 Å². The summed E-state index contributed by atoms with van der Waals surface area (Å²) in [6.07, 6.45) is 0. The molecule has 0 aliphatic carbocycles. The Morgan fingerprint density at radius 1 is 1.41 bits per heavy atom. The van der Waals surface area contributed by atoms with Gasteiger partial charge in [0.2, 0.25) is 0 Å². The zero-order valence-corrected chi connectivity index (χ0v) is 13.3. The Morgan fingerprint density at radius 2 is 2.00 bits per heavy atom. The summed E-state index contributed by atoms with van der Waals surface area (Å²) in [5.41, 5.74) is 0.592. The minimum Gasteiger partial charge on any atom is -0.309 e. The van der Waals surface area contributed by atoms with E-state index in [1.54, 1.807) is 11.8 Å². The van der Waals surface area contributed by atoms with Gasteiger partial charge in [-0.05, 0) is 21.2 Å². The van der Waals surface area contributed by atoms with Crippen molar-refractivity contribution in [1.82, 2.24) is 9.97 Å². The van der Waals surface area contributed by atoms with Crippen molar-refractivity contribution in [2.75, 3.05) is 0 Å². The molecule has 0 saturated heterocycles. The molecule has 0 atom stereocenters. The van der Waals surface area contributed by atoms with E-state index in [0.717, 1.165) is 17.3 Å². The average Bonchev–Trinajstić information content (AvgIpc) is 2.17. The summed E-state index contributed by atoms with van der Waals surface area (Å²) in [7, 11) is 0. The highest BCUT2D eigenvalue weighted by molar-refractivity contribution is 9.10. The molecular formula is C12H19BrN2OS. The number of halogens is 1. The maximum absolute atomic E-state index is 11.8. The van der Waals surface area contributed by atoms with Crippen LogP contribution in [0.1, 0.15) is 46.1 Å². The van der Waals surface area contributed by atoms with E-state index in [9.17, 15) is 4.79 Å². The molecule has 0 amide bonds. The molecule has 17 heavy (non-hydrogen) atoms. The number of hydrogen-bond acceptors (Lipinski definition) is 3. The zero-order valence-electron chi connectivity index (χ0n) is 10.9. The molecule has 96 valence electrons. The quantitative estimate of drug-likeness (QED) is 0.928. The van der Waals surface area contributed by atoms with Gasteiger partial charge in [0.25, 0.3) is 5.56 Å². The molecule has 0 saturated carbocycles. The van der Waals surface area contributed by atoms with Gasteiger partial charge in [-0.2, -0.15) is 11.8 Å². The van der Waals surface area contributed by atoms with E-state index >= 15 is 0 Å². The van der Waals surface area contributed by atoms with Crippen LogP contribution in [0.3, 0.4) is 0 Å². The van der Waals surface area contributed by atoms with Crippen LogP contribution < -0.4 is 5.56 Å². The van der Waals surface area contributed by atoms with Gasteiger partial charge in [-0.1, -0.05) is 34.6 Å². The second-order valence-corrected chi connectivity index (χ2v) is 7.64. The highest BCUT2D eigenvalue weighted by atomic mass is 79.9. The molecule has 3 nitrogen and oxygen atoms in total. The lowest BCUT2D eigenvalue weighted by atomic mass is 9.92. The van der Waals surface area contributed by atoms with Gasteiger partial charge in [-0.15, -0.1) is 0 Å². The highest BCUT2D eigenvalue weighted by Gasteiger charge is 2.21. The smallest absolute Gasteiger partial charge is 0.265 e. The summed E-state index contributed by atoms with van der Waals surface area (Å²) in [6.45, 7) is 10.4. The fourth-order valence-corrected chi connectivity index (χ4v) is 2.73. The summed E-state index contributed by atoms with van der Waals surface area (Å²) in [4.78, 5) is 19.2. The standard InChI is InChI=1S/C12H19BrN2OS/c1-7(2)17-6-8-14-10(12(3,4)5)9(13)11(16)15-8/h7H,6H2,1-5H3,(H,14,15,16). The van der Waals surface area contributed by atoms with Gasteiger partial charge < -0.3 is 4.98 Å². The highest BCUT2D eigenvalue weighted by Crippen LogP contribution is 2.26. The number of thioether (sulfide) groups is 1. The van der Waals surface area contributed by atoms with Crippen LogP contribution in [0.15, 0.2) is 9.27 Å². The Bertz CT molecular complexity index is 449. The van der Waals surface area contributed by atoms with E-state index in [1.165, 1.54) is 0 Å². The molecule has 1 aromatic rings. The van der Waals surface area contributed by atoms with Crippen molar-refractivity contribution < 1.29 is 0 Å². The molecular weight excluding hydrogens is 300 g/mol. The summed E-state index contributed by atoms with van der Waals surface area (Å²) in [5, 5.41) is 0.530. The molecule has 0 fully saturated rings. The summed E-state index contributed by atoms with van der Waals surface area (Å²) >= 11 is 5.09. The second kappa shape index (κ2) is 5.57. The van der Waals surface area contributed by atoms with Gasteiger partial charge in [0, 0.05) is 5.41 Å². The van der Waals surface area contributed by atoms with E-state index in [0.29, 0.717) is 9.72 Å². The van der Waals surface area contributed by atoms with Gasteiger partial charge in [-0.25, -0.2) is 4.98 Å². The van der Waals surface area contributed by atoms with Crippen molar-refractivity contribution in [3.63, 3.8) is 0 Å². The molecule has 1 rings (SSSR count). The first-order chi connectivity index (χ1) is 7.71. The maximum Gasteiger partial charge on any atom is 0.265 e. The fraction of sp³-hybridized carbons (Fsp3) is 0.667. The van der Waals surface area contributed by atoms with Crippen molar-refractivity contribution in [1.29, 1.82) is 0 Å². The number of rotatable bonds is 3. The molecule has 0 unspecified atom stereocenters. The van der Waals surface area contributed by atoms with Gasteiger partial charge in [0.05, 0.1) is 11.4 Å². The van der Waals surface area contributed by atoms with Crippen molar-refractivity contribution in [3.05, 3.63) is 26.3 Å². The average molecular weight is 319 g/mol. The Labute approximate surface area is 115 Å². The molecule has 1 N–H and O–H groups in total.